The van der Waals surface area contributed by atoms with Gasteiger partial charge in [-0.15, -0.1) is 0 Å². The molecule has 1 aromatic carbocycles. The topological polar surface area (TPSA) is 20.2 Å². The molecule has 1 N–H and O–H groups in total. The first-order valence-corrected chi connectivity index (χ1v) is 6.04. The standard InChI is InChI=1S/C12H15BrO/c13-11-6-8-12(14,9-7-11)10-4-2-1-3-5-10/h1-5,11,14H,6-9H2. The van der Waals surface area contributed by atoms with E-state index in [1.54, 1.807) is 0 Å². The minimum atomic E-state index is -0.578. The molecule has 0 heterocycles. The molecule has 0 saturated heterocycles. The molecule has 1 aromatic rings. The third-order valence-electron chi connectivity index (χ3n) is 3.05. The molecule has 0 amide bonds. The fourth-order valence-electron chi connectivity index (χ4n) is 2.10. The van der Waals surface area contributed by atoms with Crippen LogP contribution in [0.25, 0.3) is 0 Å². The molecule has 0 aromatic heterocycles. The van der Waals surface area contributed by atoms with Crippen molar-refractivity contribution in [2.75, 3.05) is 0 Å². The number of rotatable bonds is 1. The Morgan fingerprint density at radius 1 is 1.14 bits per heavy atom. The van der Waals surface area contributed by atoms with Crippen LogP contribution in [0.1, 0.15) is 31.2 Å². The minimum absolute atomic E-state index is 0.578. The van der Waals surface area contributed by atoms with Gasteiger partial charge in [0.15, 0.2) is 0 Å². The molecular weight excluding hydrogens is 240 g/mol. The maximum Gasteiger partial charge on any atom is 0.0897 e. The van der Waals surface area contributed by atoms with Gasteiger partial charge in [0, 0.05) is 4.83 Å². The summed E-state index contributed by atoms with van der Waals surface area (Å²) >= 11 is 3.60. The highest BCUT2D eigenvalue weighted by molar-refractivity contribution is 9.09. The second-order valence-electron chi connectivity index (χ2n) is 4.07. The third-order valence-corrected chi connectivity index (χ3v) is 3.97. The summed E-state index contributed by atoms with van der Waals surface area (Å²) in [4.78, 5) is 0.589. The Bertz CT molecular complexity index is 288. The van der Waals surface area contributed by atoms with Crippen LogP contribution in [0.3, 0.4) is 0 Å². The first kappa shape index (κ1) is 10.2. The van der Waals surface area contributed by atoms with Gasteiger partial charge in [-0.3, -0.25) is 0 Å². The molecule has 14 heavy (non-hydrogen) atoms. The van der Waals surface area contributed by atoms with Crippen molar-refractivity contribution in [3.05, 3.63) is 35.9 Å². The van der Waals surface area contributed by atoms with Gasteiger partial charge in [0.25, 0.3) is 0 Å². The van der Waals surface area contributed by atoms with Gasteiger partial charge >= 0.3 is 0 Å². The number of hydrogen-bond acceptors (Lipinski definition) is 1. The second-order valence-corrected chi connectivity index (χ2v) is 5.37. The Balaban J connectivity index is 2.17. The van der Waals surface area contributed by atoms with E-state index >= 15 is 0 Å². The molecule has 1 nitrogen and oxygen atoms in total. The van der Waals surface area contributed by atoms with E-state index in [-0.39, 0.29) is 0 Å². The highest BCUT2D eigenvalue weighted by atomic mass is 79.9. The van der Waals surface area contributed by atoms with Crippen molar-refractivity contribution in [3.8, 4) is 0 Å². The van der Waals surface area contributed by atoms with Crippen molar-refractivity contribution in [1.29, 1.82) is 0 Å². The fraction of sp³-hybridized carbons (Fsp3) is 0.500. The lowest BCUT2D eigenvalue weighted by Gasteiger charge is -2.34. The van der Waals surface area contributed by atoms with Gasteiger partial charge < -0.3 is 5.11 Å². The van der Waals surface area contributed by atoms with E-state index in [2.05, 4.69) is 15.9 Å². The van der Waals surface area contributed by atoms with Crippen LogP contribution in [0, 0.1) is 0 Å². The van der Waals surface area contributed by atoms with Gasteiger partial charge in [-0.05, 0) is 31.2 Å². The van der Waals surface area contributed by atoms with Crippen molar-refractivity contribution in [3.63, 3.8) is 0 Å². The summed E-state index contributed by atoms with van der Waals surface area (Å²) < 4.78 is 0. The minimum Gasteiger partial charge on any atom is -0.385 e. The zero-order valence-corrected chi connectivity index (χ0v) is 9.70. The average Bonchev–Trinajstić information content (AvgIpc) is 2.24. The van der Waals surface area contributed by atoms with Crippen LogP contribution in [0.2, 0.25) is 0 Å². The van der Waals surface area contributed by atoms with Gasteiger partial charge in [-0.2, -0.15) is 0 Å². The lowest BCUT2D eigenvalue weighted by molar-refractivity contribution is 0.00127. The first-order valence-electron chi connectivity index (χ1n) is 5.13. The molecule has 0 bridgehead atoms. The molecule has 1 aliphatic rings. The maximum absolute atomic E-state index is 10.4. The summed E-state index contributed by atoms with van der Waals surface area (Å²) in [6.45, 7) is 0. The monoisotopic (exact) mass is 254 g/mol. The van der Waals surface area contributed by atoms with Crippen LogP contribution in [-0.4, -0.2) is 9.93 Å². The molecule has 1 saturated carbocycles. The fourth-order valence-corrected chi connectivity index (χ4v) is 2.56. The number of hydrogen-bond donors (Lipinski definition) is 1. The highest BCUT2D eigenvalue weighted by Gasteiger charge is 2.33. The highest BCUT2D eigenvalue weighted by Crippen LogP contribution is 2.38. The maximum atomic E-state index is 10.4. The zero-order valence-electron chi connectivity index (χ0n) is 8.12. The van der Waals surface area contributed by atoms with Crippen LogP contribution in [0.4, 0.5) is 0 Å². The van der Waals surface area contributed by atoms with E-state index in [0.29, 0.717) is 4.83 Å². The molecule has 2 rings (SSSR count). The van der Waals surface area contributed by atoms with Crippen LogP contribution in [-0.2, 0) is 5.60 Å². The van der Waals surface area contributed by atoms with Gasteiger partial charge in [-0.25, -0.2) is 0 Å². The van der Waals surface area contributed by atoms with Gasteiger partial charge in [-0.1, -0.05) is 46.3 Å². The second kappa shape index (κ2) is 4.03. The Morgan fingerprint density at radius 2 is 1.71 bits per heavy atom. The molecule has 76 valence electrons. The predicted octanol–water partition coefficient (Wildman–Crippen LogP) is 3.21. The largest absolute Gasteiger partial charge is 0.385 e. The number of halogens is 1. The van der Waals surface area contributed by atoms with Crippen LogP contribution < -0.4 is 0 Å². The average molecular weight is 255 g/mol. The lowest BCUT2D eigenvalue weighted by atomic mass is 9.80. The van der Waals surface area contributed by atoms with Crippen LogP contribution in [0.15, 0.2) is 30.3 Å². The van der Waals surface area contributed by atoms with Gasteiger partial charge in [0.2, 0.25) is 0 Å². The van der Waals surface area contributed by atoms with Crippen molar-refractivity contribution in [2.45, 2.75) is 36.1 Å². The summed E-state index contributed by atoms with van der Waals surface area (Å²) in [6, 6.07) is 10.0. The Hall–Kier alpha value is -0.340. The summed E-state index contributed by atoms with van der Waals surface area (Å²) in [5.41, 5.74) is 0.491. The normalized spacial score (nSPS) is 32.9. The molecular formula is C12H15BrO. The number of benzene rings is 1. The van der Waals surface area contributed by atoms with Crippen molar-refractivity contribution < 1.29 is 5.11 Å². The summed E-state index contributed by atoms with van der Waals surface area (Å²) in [5.74, 6) is 0. The molecule has 1 aliphatic carbocycles. The van der Waals surface area contributed by atoms with Gasteiger partial charge in [0.1, 0.15) is 0 Å². The van der Waals surface area contributed by atoms with Crippen molar-refractivity contribution in [2.24, 2.45) is 0 Å². The van der Waals surface area contributed by atoms with Crippen molar-refractivity contribution in [1.82, 2.24) is 0 Å². The molecule has 0 spiro atoms. The van der Waals surface area contributed by atoms with Crippen molar-refractivity contribution >= 4 is 15.9 Å². The smallest absolute Gasteiger partial charge is 0.0897 e. The van der Waals surface area contributed by atoms with E-state index < -0.39 is 5.60 Å². The van der Waals surface area contributed by atoms with E-state index in [1.165, 1.54) is 0 Å². The number of aliphatic hydroxyl groups is 1. The Labute approximate surface area is 93.3 Å². The molecule has 1 fully saturated rings. The lowest BCUT2D eigenvalue weighted by Crippen LogP contribution is -2.31. The number of alkyl halides is 1. The Kier molecular flexibility index (Phi) is 2.93. The molecule has 0 unspecified atom stereocenters. The van der Waals surface area contributed by atoms with E-state index in [9.17, 15) is 5.11 Å². The first-order chi connectivity index (χ1) is 6.71. The molecule has 0 radical (unpaired) electrons. The van der Waals surface area contributed by atoms with E-state index in [1.807, 2.05) is 30.3 Å². The Morgan fingerprint density at radius 3 is 2.29 bits per heavy atom. The summed E-state index contributed by atoms with van der Waals surface area (Å²) in [5, 5.41) is 10.4. The van der Waals surface area contributed by atoms with Crippen LogP contribution >= 0.6 is 15.9 Å². The zero-order chi connectivity index (χ0) is 10.0. The molecule has 0 atom stereocenters. The predicted molar refractivity (Wildman–Crippen MR) is 61.5 cm³/mol. The van der Waals surface area contributed by atoms with E-state index in [4.69, 9.17) is 0 Å². The van der Waals surface area contributed by atoms with Crippen LogP contribution in [0.5, 0.6) is 0 Å². The molecule has 2 heteroatoms. The van der Waals surface area contributed by atoms with Gasteiger partial charge in [0.05, 0.1) is 5.60 Å². The summed E-state index contributed by atoms with van der Waals surface area (Å²) in [6.07, 6.45) is 3.86. The summed E-state index contributed by atoms with van der Waals surface area (Å²) in [7, 11) is 0. The SMILES string of the molecule is OC1(c2ccccc2)CCC(Br)CC1. The van der Waals surface area contributed by atoms with E-state index in [0.717, 1.165) is 31.2 Å². The third kappa shape index (κ3) is 2.01. The molecule has 0 aliphatic heterocycles. The quantitative estimate of drug-likeness (QED) is 0.764.